The second-order valence-electron chi connectivity index (χ2n) is 6.07. The van der Waals surface area contributed by atoms with E-state index in [1.54, 1.807) is 36.2 Å². The van der Waals surface area contributed by atoms with Crippen LogP contribution >= 0.6 is 0 Å². The van der Waals surface area contributed by atoms with Gasteiger partial charge in [0.15, 0.2) is 0 Å². The van der Waals surface area contributed by atoms with Crippen LogP contribution < -0.4 is 5.32 Å². The average Bonchev–Trinajstić information content (AvgIpc) is 2.28. The topological polar surface area (TPSA) is 69.6 Å². The van der Waals surface area contributed by atoms with Gasteiger partial charge in [-0.05, 0) is 17.0 Å². The van der Waals surface area contributed by atoms with Crippen molar-refractivity contribution >= 4 is 17.7 Å². The van der Waals surface area contributed by atoms with E-state index in [1.165, 1.54) is 0 Å². The van der Waals surface area contributed by atoms with Crippen LogP contribution in [0.3, 0.4) is 0 Å². The fourth-order valence-corrected chi connectivity index (χ4v) is 1.95. The van der Waals surface area contributed by atoms with Crippen LogP contribution in [0.1, 0.15) is 26.3 Å². The highest BCUT2D eigenvalue weighted by atomic mass is 16.4. The minimum absolute atomic E-state index is 0.00662. The van der Waals surface area contributed by atoms with Crippen LogP contribution in [-0.2, 0) is 11.2 Å². The first-order valence-electron chi connectivity index (χ1n) is 6.51. The van der Waals surface area contributed by atoms with Gasteiger partial charge in [0.05, 0.1) is 6.42 Å². The third kappa shape index (κ3) is 5.30. The first-order valence-corrected chi connectivity index (χ1v) is 6.51. The molecule has 0 spiro atoms. The largest absolute Gasteiger partial charge is 0.481 e. The van der Waals surface area contributed by atoms with Gasteiger partial charge >= 0.3 is 12.0 Å². The van der Waals surface area contributed by atoms with E-state index in [-0.39, 0.29) is 17.9 Å². The van der Waals surface area contributed by atoms with E-state index in [0.717, 1.165) is 0 Å². The summed E-state index contributed by atoms with van der Waals surface area (Å²) < 4.78 is 0. The van der Waals surface area contributed by atoms with Gasteiger partial charge in [0.1, 0.15) is 0 Å². The summed E-state index contributed by atoms with van der Waals surface area (Å²) >= 11 is 0. The number of hydrogen-bond donors (Lipinski definition) is 2. The van der Waals surface area contributed by atoms with Crippen molar-refractivity contribution in [2.45, 2.75) is 27.2 Å². The Kier molecular flexibility index (Phi) is 5.13. The lowest BCUT2D eigenvalue weighted by Gasteiger charge is -2.27. The Balaban J connectivity index is 2.78. The smallest absolute Gasteiger partial charge is 0.321 e. The molecule has 1 aromatic carbocycles. The molecule has 0 aliphatic rings. The predicted molar refractivity (Wildman–Crippen MR) is 78.9 cm³/mol. The molecule has 0 radical (unpaired) electrons. The molecular formula is C15H22N2O3. The van der Waals surface area contributed by atoms with Crippen LogP contribution in [0.25, 0.3) is 0 Å². The number of carbonyl (C=O) groups excluding carboxylic acids is 1. The fraction of sp³-hybridized carbons (Fsp3) is 0.467. The lowest BCUT2D eigenvalue weighted by Crippen LogP contribution is -2.37. The summed E-state index contributed by atoms with van der Waals surface area (Å²) in [6.45, 7) is 6.76. The maximum absolute atomic E-state index is 12.1. The van der Waals surface area contributed by atoms with Crippen molar-refractivity contribution in [2.75, 3.05) is 18.9 Å². The van der Waals surface area contributed by atoms with Gasteiger partial charge in [0.25, 0.3) is 0 Å². The molecule has 2 amide bonds. The van der Waals surface area contributed by atoms with Crippen LogP contribution in [0.5, 0.6) is 0 Å². The van der Waals surface area contributed by atoms with Gasteiger partial charge in [0, 0.05) is 19.3 Å². The number of para-hydroxylation sites is 1. The van der Waals surface area contributed by atoms with Crippen molar-refractivity contribution in [2.24, 2.45) is 5.41 Å². The van der Waals surface area contributed by atoms with E-state index in [0.29, 0.717) is 17.8 Å². The second-order valence-corrected chi connectivity index (χ2v) is 6.07. The minimum Gasteiger partial charge on any atom is -0.481 e. The third-order valence-electron chi connectivity index (χ3n) is 2.66. The molecule has 5 heteroatoms. The van der Waals surface area contributed by atoms with Gasteiger partial charge in [-0.2, -0.15) is 0 Å². The minimum atomic E-state index is -0.922. The summed E-state index contributed by atoms with van der Waals surface area (Å²) in [5, 5.41) is 11.6. The molecule has 0 saturated heterocycles. The van der Waals surface area contributed by atoms with E-state index < -0.39 is 5.97 Å². The summed E-state index contributed by atoms with van der Waals surface area (Å²) in [5.74, 6) is -0.922. The number of anilines is 1. The number of carboxylic acids is 1. The molecule has 0 aliphatic carbocycles. The van der Waals surface area contributed by atoms with Gasteiger partial charge in [-0.3, -0.25) is 4.79 Å². The quantitative estimate of drug-likeness (QED) is 0.889. The molecule has 0 aromatic heterocycles. The Bertz CT molecular complexity index is 492. The second kappa shape index (κ2) is 6.41. The first-order chi connectivity index (χ1) is 9.19. The molecule has 5 nitrogen and oxygen atoms in total. The molecule has 1 aromatic rings. The predicted octanol–water partition coefficient (Wildman–Crippen LogP) is 2.82. The Hall–Kier alpha value is -2.04. The van der Waals surface area contributed by atoms with Crippen LogP contribution in [0, 0.1) is 5.41 Å². The molecule has 2 N–H and O–H groups in total. The number of benzene rings is 1. The highest BCUT2D eigenvalue weighted by Gasteiger charge is 2.18. The Morgan fingerprint density at radius 3 is 2.40 bits per heavy atom. The van der Waals surface area contributed by atoms with Crippen LogP contribution in [0.15, 0.2) is 24.3 Å². The van der Waals surface area contributed by atoms with Gasteiger partial charge < -0.3 is 15.3 Å². The number of carbonyl (C=O) groups is 2. The average molecular weight is 278 g/mol. The molecule has 1 rings (SSSR count). The monoisotopic (exact) mass is 278 g/mol. The zero-order valence-corrected chi connectivity index (χ0v) is 12.4. The molecule has 20 heavy (non-hydrogen) atoms. The number of carboxylic acid groups (broad SMARTS) is 1. The van der Waals surface area contributed by atoms with Crippen LogP contribution in [-0.4, -0.2) is 35.6 Å². The number of rotatable bonds is 4. The highest BCUT2D eigenvalue weighted by molar-refractivity contribution is 5.90. The van der Waals surface area contributed by atoms with E-state index in [2.05, 4.69) is 26.1 Å². The van der Waals surface area contributed by atoms with Gasteiger partial charge in [-0.25, -0.2) is 4.79 Å². The summed E-state index contributed by atoms with van der Waals surface area (Å²) in [5.41, 5.74) is 1.14. The van der Waals surface area contributed by atoms with Crippen molar-refractivity contribution in [3.63, 3.8) is 0 Å². The molecule has 110 valence electrons. The molecule has 0 heterocycles. The number of hydrogen-bond acceptors (Lipinski definition) is 2. The third-order valence-corrected chi connectivity index (χ3v) is 2.66. The summed E-state index contributed by atoms with van der Waals surface area (Å²) in [6, 6.07) is 6.70. The van der Waals surface area contributed by atoms with E-state index in [1.807, 2.05) is 0 Å². The van der Waals surface area contributed by atoms with E-state index in [4.69, 9.17) is 5.11 Å². The SMILES string of the molecule is CN(CC(C)(C)C)C(=O)Nc1ccccc1CC(=O)O. The van der Waals surface area contributed by atoms with Crippen molar-refractivity contribution in [1.82, 2.24) is 4.90 Å². The standard InChI is InChI=1S/C15H22N2O3/c1-15(2,3)10-17(4)14(20)16-12-8-6-5-7-11(12)9-13(18)19/h5-8H,9-10H2,1-4H3,(H,16,20)(H,18,19). The van der Waals surface area contributed by atoms with Crippen LogP contribution in [0.2, 0.25) is 0 Å². The number of urea groups is 1. The van der Waals surface area contributed by atoms with Gasteiger partial charge in [-0.1, -0.05) is 39.0 Å². The Morgan fingerprint density at radius 1 is 1.25 bits per heavy atom. The summed E-state index contributed by atoms with van der Waals surface area (Å²) in [6.07, 6.45) is -0.112. The number of nitrogens with zero attached hydrogens (tertiary/aromatic N) is 1. The van der Waals surface area contributed by atoms with Crippen molar-refractivity contribution in [3.05, 3.63) is 29.8 Å². The van der Waals surface area contributed by atoms with Gasteiger partial charge in [0.2, 0.25) is 0 Å². The maximum Gasteiger partial charge on any atom is 0.321 e. The van der Waals surface area contributed by atoms with Crippen molar-refractivity contribution in [3.8, 4) is 0 Å². The molecule has 0 aliphatic heterocycles. The zero-order chi connectivity index (χ0) is 15.3. The Labute approximate surface area is 119 Å². The Morgan fingerprint density at radius 2 is 1.85 bits per heavy atom. The maximum atomic E-state index is 12.1. The number of amides is 2. The van der Waals surface area contributed by atoms with Crippen molar-refractivity contribution in [1.29, 1.82) is 0 Å². The number of aliphatic carboxylic acids is 1. The highest BCUT2D eigenvalue weighted by Crippen LogP contribution is 2.18. The summed E-state index contributed by atoms with van der Waals surface area (Å²) in [4.78, 5) is 24.5. The summed E-state index contributed by atoms with van der Waals surface area (Å²) in [7, 11) is 1.72. The molecule has 0 atom stereocenters. The van der Waals surface area contributed by atoms with Gasteiger partial charge in [-0.15, -0.1) is 0 Å². The normalized spacial score (nSPS) is 11.0. The molecule has 0 saturated carbocycles. The molecule has 0 fully saturated rings. The zero-order valence-electron chi connectivity index (χ0n) is 12.4. The number of nitrogens with one attached hydrogen (secondary N) is 1. The molecule has 0 unspecified atom stereocenters. The first kappa shape index (κ1) is 16.0. The fourth-order valence-electron chi connectivity index (χ4n) is 1.95. The van der Waals surface area contributed by atoms with E-state index >= 15 is 0 Å². The van der Waals surface area contributed by atoms with E-state index in [9.17, 15) is 9.59 Å². The lowest BCUT2D eigenvalue weighted by molar-refractivity contribution is -0.136. The van der Waals surface area contributed by atoms with Crippen molar-refractivity contribution < 1.29 is 14.7 Å². The van der Waals surface area contributed by atoms with Crippen LogP contribution in [0.4, 0.5) is 10.5 Å². The lowest BCUT2D eigenvalue weighted by atomic mass is 9.96. The molecule has 0 bridgehead atoms. The molecular weight excluding hydrogens is 256 g/mol.